The van der Waals surface area contributed by atoms with Gasteiger partial charge in [0, 0.05) is 30.0 Å². The first-order valence-electron chi connectivity index (χ1n) is 12.7. The van der Waals surface area contributed by atoms with Crippen LogP contribution in [0.3, 0.4) is 0 Å². The number of likely N-dealkylation sites (tertiary alicyclic amines) is 1. The first-order chi connectivity index (χ1) is 18.5. The fourth-order valence-electron chi connectivity index (χ4n) is 5.21. The number of benzene rings is 2. The van der Waals surface area contributed by atoms with E-state index in [1.165, 1.54) is 0 Å². The average Bonchev–Trinajstić information content (AvgIpc) is 3.59. The molecule has 6 rings (SSSR count). The maximum absolute atomic E-state index is 11.4. The Balaban J connectivity index is 1.43. The lowest BCUT2D eigenvalue weighted by atomic mass is 10.1. The number of nitrogens with two attached hydrogens (primary N) is 1. The highest BCUT2D eigenvalue weighted by atomic mass is 16.4. The third-order valence-corrected chi connectivity index (χ3v) is 7.40. The van der Waals surface area contributed by atoms with Crippen molar-refractivity contribution in [2.24, 2.45) is 5.92 Å². The van der Waals surface area contributed by atoms with Gasteiger partial charge in [-0.1, -0.05) is 42.5 Å². The second kappa shape index (κ2) is 9.72. The number of aliphatic carboxylic acids is 1. The number of pyridine rings is 2. The van der Waals surface area contributed by atoms with Crippen molar-refractivity contribution in [2.75, 3.05) is 18.8 Å². The van der Waals surface area contributed by atoms with Gasteiger partial charge in [-0.2, -0.15) is 0 Å². The Morgan fingerprint density at radius 1 is 1.00 bits per heavy atom. The number of rotatable bonds is 6. The maximum Gasteiger partial charge on any atom is 0.307 e. The Hall–Kier alpha value is -4.56. The molecule has 0 aliphatic carbocycles. The lowest BCUT2D eigenvalue weighted by Gasteiger charge is -2.24. The van der Waals surface area contributed by atoms with Gasteiger partial charge in [-0.25, -0.2) is 15.0 Å². The number of carboxylic acid groups (broad SMARTS) is 1. The molecule has 4 heterocycles. The molecule has 5 aromatic rings. The van der Waals surface area contributed by atoms with Crippen molar-refractivity contribution >= 4 is 23.0 Å². The van der Waals surface area contributed by atoms with Crippen molar-refractivity contribution in [1.29, 1.82) is 0 Å². The zero-order chi connectivity index (χ0) is 26.2. The Bertz CT molecular complexity index is 1610. The topological polar surface area (TPSA) is 110 Å². The molecule has 1 saturated heterocycles. The zero-order valence-corrected chi connectivity index (χ0v) is 21.0. The summed E-state index contributed by atoms with van der Waals surface area (Å²) in [7, 11) is 0. The molecule has 1 aliphatic heterocycles. The molecular weight excluding hydrogens is 476 g/mol. The Morgan fingerprint density at radius 3 is 2.50 bits per heavy atom. The van der Waals surface area contributed by atoms with Gasteiger partial charge in [-0.05, 0) is 61.9 Å². The van der Waals surface area contributed by atoms with Crippen LogP contribution in [0.2, 0.25) is 0 Å². The Kier molecular flexibility index (Phi) is 6.09. The standard InChI is InChI=1S/C30H28N6O2/c1-19(35-17-15-22(18-35)30(37)38)20-9-11-23(12-10-20)36-28(24-8-5-16-32-27(24)31)34-26-14-13-25(33-29(26)36)21-6-3-2-4-7-21/h2-14,16,19,22H,15,17-18H2,1H3,(H2,31,32)(H,37,38). The number of hydrogen-bond acceptors (Lipinski definition) is 6. The summed E-state index contributed by atoms with van der Waals surface area (Å²) in [4.78, 5) is 27.9. The molecule has 0 saturated carbocycles. The number of hydrogen-bond donors (Lipinski definition) is 2. The van der Waals surface area contributed by atoms with E-state index in [-0.39, 0.29) is 12.0 Å². The van der Waals surface area contributed by atoms with Crippen LogP contribution in [-0.4, -0.2) is 48.6 Å². The number of nitrogens with zero attached hydrogens (tertiary/aromatic N) is 5. The quantitative estimate of drug-likeness (QED) is 0.327. The van der Waals surface area contributed by atoms with Gasteiger partial charge in [0.25, 0.3) is 0 Å². The largest absolute Gasteiger partial charge is 0.481 e. The molecule has 8 nitrogen and oxygen atoms in total. The summed E-state index contributed by atoms with van der Waals surface area (Å²) in [5.74, 6) is 0.0607. The highest BCUT2D eigenvalue weighted by Crippen LogP contribution is 2.33. The number of fused-ring (bicyclic) bond motifs is 1. The fourth-order valence-corrected chi connectivity index (χ4v) is 5.21. The molecule has 8 heteroatoms. The van der Waals surface area contributed by atoms with Crippen molar-refractivity contribution in [2.45, 2.75) is 19.4 Å². The van der Waals surface area contributed by atoms with E-state index in [9.17, 15) is 9.90 Å². The molecule has 2 atom stereocenters. The highest BCUT2D eigenvalue weighted by Gasteiger charge is 2.31. The number of carboxylic acids is 1. The molecule has 3 aromatic heterocycles. The lowest BCUT2D eigenvalue weighted by Crippen LogP contribution is -2.26. The molecule has 1 aliphatic rings. The molecule has 190 valence electrons. The van der Waals surface area contributed by atoms with Gasteiger partial charge in [0.2, 0.25) is 0 Å². The monoisotopic (exact) mass is 504 g/mol. The molecule has 0 radical (unpaired) electrons. The van der Waals surface area contributed by atoms with Crippen molar-refractivity contribution in [3.05, 3.63) is 90.6 Å². The van der Waals surface area contributed by atoms with Crippen molar-refractivity contribution in [1.82, 2.24) is 24.4 Å². The Morgan fingerprint density at radius 2 is 1.79 bits per heavy atom. The van der Waals surface area contributed by atoms with Gasteiger partial charge >= 0.3 is 5.97 Å². The van der Waals surface area contributed by atoms with Crippen LogP contribution >= 0.6 is 0 Å². The zero-order valence-electron chi connectivity index (χ0n) is 21.0. The van der Waals surface area contributed by atoms with Crippen LogP contribution in [0.1, 0.15) is 24.9 Å². The predicted octanol–water partition coefficient (Wildman–Crippen LogP) is 5.20. The fraction of sp³-hybridized carbons (Fsp3) is 0.200. The second-order valence-corrected chi connectivity index (χ2v) is 9.70. The minimum absolute atomic E-state index is 0.115. The van der Waals surface area contributed by atoms with E-state index in [4.69, 9.17) is 15.7 Å². The van der Waals surface area contributed by atoms with Crippen molar-refractivity contribution < 1.29 is 9.90 Å². The summed E-state index contributed by atoms with van der Waals surface area (Å²) in [5.41, 5.74) is 12.4. The van der Waals surface area contributed by atoms with Crippen LogP contribution in [0.25, 0.3) is 39.5 Å². The van der Waals surface area contributed by atoms with E-state index in [0.717, 1.165) is 45.8 Å². The SMILES string of the molecule is CC(c1ccc(-n2c(-c3cccnc3N)nc3ccc(-c4ccccc4)nc32)cc1)N1CCC(C(=O)O)C1. The van der Waals surface area contributed by atoms with Gasteiger partial charge in [0.1, 0.15) is 11.3 Å². The molecule has 2 aromatic carbocycles. The van der Waals surface area contributed by atoms with Crippen LogP contribution in [0.15, 0.2) is 85.1 Å². The minimum atomic E-state index is -0.716. The molecule has 2 unspecified atom stereocenters. The number of imidazole rings is 1. The molecule has 1 fully saturated rings. The molecule has 0 bridgehead atoms. The van der Waals surface area contributed by atoms with Gasteiger partial charge in [-0.3, -0.25) is 14.3 Å². The van der Waals surface area contributed by atoms with E-state index in [1.807, 2.05) is 59.2 Å². The number of carbonyl (C=O) groups is 1. The van der Waals surface area contributed by atoms with E-state index >= 15 is 0 Å². The second-order valence-electron chi connectivity index (χ2n) is 9.70. The lowest BCUT2D eigenvalue weighted by molar-refractivity contribution is -0.141. The summed E-state index contributed by atoms with van der Waals surface area (Å²) in [5, 5.41) is 9.39. The Labute approximate surface area is 220 Å². The average molecular weight is 505 g/mol. The van der Waals surface area contributed by atoms with Gasteiger partial charge < -0.3 is 10.8 Å². The first-order valence-corrected chi connectivity index (χ1v) is 12.7. The summed E-state index contributed by atoms with van der Waals surface area (Å²) in [6, 6.07) is 26.2. The van der Waals surface area contributed by atoms with E-state index in [1.54, 1.807) is 6.20 Å². The maximum atomic E-state index is 11.4. The predicted molar refractivity (Wildman–Crippen MR) is 148 cm³/mol. The highest BCUT2D eigenvalue weighted by molar-refractivity contribution is 5.84. The van der Waals surface area contributed by atoms with Crippen LogP contribution in [-0.2, 0) is 4.79 Å². The molecule has 0 spiro atoms. The van der Waals surface area contributed by atoms with Crippen LogP contribution in [0.5, 0.6) is 0 Å². The van der Waals surface area contributed by atoms with Crippen molar-refractivity contribution in [3.63, 3.8) is 0 Å². The van der Waals surface area contributed by atoms with Gasteiger partial charge in [0.05, 0.1) is 17.2 Å². The molecule has 3 N–H and O–H groups in total. The van der Waals surface area contributed by atoms with E-state index < -0.39 is 5.97 Å². The number of anilines is 1. The summed E-state index contributed by atoms with van der Waals surface area (Å²) in [6.07, 6.45) is 2.35. The minimum Gasteiger partial charge on any atom is -0.481 e. The third kappa shape index (κ3) is 4.29. The molecule has 0 amide bonds. The van der Waals surface area contributed by atoms with Crippen LogP contribution < -0.4 is 5.73 Å². The number of aromatic nitrogens is 4. The van der Waals surface area contributed by atoms with Crippen molar-refractivity contribution in [3.8, 4) is 28.3 Å². The first kappa shape index (κ1) is 23.8. The summed E-state index contributed by atoms with van der Waals surface area (Å²) in [6.45, 7) is 3.48. The van der Waals surface area contributed by atoms with E-state index in [2.05, 4.69) is 41.1 Å². The van der Waals surface area contributed by atoms with Gasteiger partial charge in [0.15, 0.2) is 11.5 Å². The van der Waals surface area contributed by atoms with E-state index in [0.29, 0.717) is 24.6 Å². The third-order valence-electron chi connectivity index (χ3n) is 7.40. The molecular formula is C30H28N6O2. The van der Waals surface area contributed by atoms with Crippen LogP contribution in [0, 0.1) is 5.92 Å². The van der Waals surface area contributed by atoms with Gasteiger partial charge in [-0.15, -0.1) is 0 Å². The summed E-state index contributed by atoms with van der Waals surface area (Å²) < 4.78 is 2.03. The number of nitrogen functional groups attached to an aromatic ring is 1. The summed E-state index contributed by atoms with van der Waals surface area (Å²) >= 11 is 0. The normalized spacial score (nSPS) is 16.6. The molecule has 38 heavy (non-hydrogen) atoms. The smallest absolute Gasteiger partial charge is 0.307 e. The van der Waals surface area contributed by atoms with Crippen LogP contribution in [0.4, 0.5) is 5.82 Å².